The average molecular weight is 561 g/mol. The fraction of sp³-hybridized carbons (Fsp3) is 0.435. The minimum atomic E-state index is -2.87. The van der Waals surface area contributed by atoms with Crippen molar-refractivity contribution in [3.05, 3.63) is 59.2 Å². The zero-order valence-electron chi connectivity index (χ0n) is 18.3. The van der Waals surface area contributed by atoms with Gasteiger partial charge in [0.1, 0.15) is 17.6 Å². The molecule has 2 aromatic rings. The monoisotopic (exact) mass is 561 g/mol. The lowest BCUT2D eigenvalue weighted by molar-refractivity contribution is -0.0504. The van der Waals surface area contributed by atoms with Gasteiger partial charge in [0, 0.05) is 30.6 Å². The molecule has 1 heterocycles. The molecular formula is C23H30F2IN3O3. The van der Waals surface area contributed by atoms with Gasteiger partial charge in [-0.3, -0.25) is 0 Å². The lowest BCUT2D eigenvalue weighted by Crippen LogP contribution is -2.37. The molecule has 6 nitrogen and oxygen atoms in total. The van der Waals surface area contributed by atoms with Gasteiger partial charge in [-0.2, -0.15) is 8.78 Å². The predicted molar refractivity (Wildman–Crippen MR) is 131 cm³/mol. The Morgan fingerprint density at radius 1 is 1.16 bits per heavy atom. The summed E-state index contributed by atoms with van der Waals surface area (Å²) < 4.78 is 41.4. The minimum Gasteiger partial charge on any atom is -0.488 e. The molecule has 0 spiro atoms. The summed E-state index contributed by atoms with van der Waals surface area (Å²) >= 11 is 0. The molecule has 0 bridgehead atoms. The van der Waals surface area contributed by atoms with E-state index in [1.807, 2.05) is 32.0 Å². The van der Waals surface area contributed by atoms with Gasteiger partial charge in [-0.15, -0.1) is 24.0 Å². The highest BCUT2D eigenvalue weighted by Gasteiger charge is 2.19. The number of ether oxygens (including phenoxy) is 3. The quantitative estimate of drug-likeness (QED) is 0.266. The normalized spacial score (nSPS) is 15.9. The van der Waals surface area contributed by atoms with Gasteiger partial charge in [0.25, 0.3) is 0 Å². The molecule has 1 aliphatic heterocycles. The smallest absolute Gasteiger partial charge is 0.387 e. The number of para-hydroxylation sites is 1. The van der Waals surface area contributed by atoms with Crippen LogP contribution in [-0.2, 0) is 17.8 Å². The van der Waals surface area contributed by atoms with E-state index in [0.717, 1.165) is 29.9 Å². The summed E-state index contributed by atoms with van der Waals surface area (Å²) in [6.45, 7) is 3.81. The molecule has 1 unspecified atom stereocenters. The Balaban J connectivity index is 0.00000363. The van der Waals surface area contributed by atoms with Crippen LogP contribution in [0.1, 0.15) is 30.0 Å². The SMILES string of the molecule is CCNC(=NCc1ccccc1OC(F)F)NCc1ccc(C)cc1OC1CCOC1.I. The molecule has 1 aliphatic rings. The van der Waals surface area contributed by atoms with Crippen molar-refractivity contribution >= 4 is 29.9 Å². The van der Waals surface area contributed by atoms with Crippen molar-refractivity contribution in [2.75, 3.05) is 19.8 Å². The molecule has 2 N–H and O–H groups in total. The number of benzene rings is 2. The van der Waals surface area contributed by atoms with E-state index in [4.69, 9.17) is 9.47 Å². The standard InChI is InChI=1S/C23H29F2N3O3.HI/c1-3-26-23(27-13-17-6-4-5-7-20(17)31-22(24)25)28-14-18-9-8-16(2)12-21(18)30-19-10-11-29-15-19;/h4-9,12,19,22H,3,10-11,13-15H2,1-2H3,(H2,26,27,28);1H. The number of aryl methyl sites for hydroxylation is 1. The fourth-order valence-electron chi connectivity index (χ4n) is 3.23. The molecule has 0 saturated carbocycles. The summed E-state index contributed by atoms with van der Waals surface area (Å²) in [5, 5.41) is 6.47. The van der Waals surface area contributed by atoms with Crippen LogP contribution in [0.2, 0.25) is 0 Å². The van der Waals surface area contributed by atoms with Crippen molar-refractivity contribution in [1.29, 1.82) is 0 Å². The Morgan fingerprint density at radius 3 is 2.69 bits per heavy atom. The molecule has 32 heavy (non-hydrogen) atoms. The van der Waals surface area contributed by atoms with Crippen LogP contribution in [0.25, 0.3) is 0 Å². The van der Waals surface area contributed by atoms with E-state index in [0.29, 0.717) is 31.2 Å². The predicted octanol–water partition coefficient (Wildman–Crippen LogP) is 4.64. The van der Waals surface area contributed by atoms with Crippen LogP contribution in [0, 0.1) is 6.92 Å². The van der Waals surface area contributed by atoms with Crippen LogP contribution >= 0.6 is 24.0 Å². The van der Waals surface area contributed by atoms with Crippen molar-refractivity contribution in [2.24, 2.45) is 4.99 Å². The number of hydrogen-bond acceptors (Lipinski definition) is 4. The Morgan fingerprint density at radius 2 is 1.97 bits per heavy atom. The summed E-state index contributed by atoms with van der Waals surface area (Å²) in [5.41, 5.74) is 2.71. The largest absolute Gasteiger partial charge is 0.488 e. The van der Waals surface area contributed by atoms with Crippen LogP contribution < -0.4 is 20.1 Å². The van der Waals surface area contributed by atoms with Gasteiger partial charge in [-0.1, -0.05) is 30.3 Å². The maximum absolute atomic E-state index is 12.6. The maximum Gasteiger partial charge on any atom is 0.387 e. The number of halogens is 3. The van der Waals surface area contributed by atoms with Gasteiger partial charge in [-0.25, -0.2) is 4.99 Å². The second-order valence-corrected chi connectivity index (χ2v) is 7.25. The second-order valence-electron chi connectivity index (χ2n) is 7.25. The third kappa shape index (κ3) is 8.09. The molecule has 1 saturated heterocycles. The Hall–Kier alpha value is -2.14. The van der Waals surface area contributed by atoms with E-state index in [1.165, 1.54) is 6.07 Å². The topological polar surface area (TPSA) is 64.1 Å². The summed E-state index contributed by atoms with van der Waals surface area (Å²) in [6.07, 6.45) is 0.944. The fourth-order valence-corrected chi connectivity index (χ4v) is 3.23. The number of rotatable bonds is 9. The molecule has 2 aromatic carbocycles. The molecule has 0 amide bonds. The number of hydrogen-bond donors (Lipinski definition) is 2. The highest BCUT2D eigenvalue weighted by molar-refractivity contribution is 14.0. The summed E-state index contributed by atoms with van der Waals surface area (Å²) in [5.74, 6) is 1.53. The number of guanidine groups is 1. The van der Waals surface area contributed by atoms with E-state index >= 15 is 0 Å². The Bertz CT molecular complexity index is 877. The molecule has 176 valence electrons. The van der Waals surface area contributed by atoms with Crippen molar-refractivity contribution in [2.45, 2.75) is 46.1 Å². The summed E-state index contributed by atoms with van der Waals surface area (Å²) in [7, 11) is 0. The van der Waals surface area contributed by atoms with Crippen LogP contribution in [0.3, 0.4) is 0 Å². The van der Waals surface area contributed by atoms with Gasteiger partial charge < -0.3 is 24.8 Å². The zero-order valence-corrected chi connectivity index (χ0v) is 20.6. The van der Waals surface area contributed by atoms with Crippen LogP contribution in [-0.4, -0.2) is 38.4 Å². The van der Waals surface area contributed by atoms with E-state index in [1.54, 1.807) is 18.2 Å². The lowest BCUT2D eigenvalue weighted by atomic mass is 10.1. The summed E-state index contributed by atoms with van der Waals surface area (Å²) in [6, 6.07) is 12.8. The number of nitrogens with one attached hydrogen (secondary N) is 2. The van der Waals surface area contributed by atoms with E-state index < -0.39 is 6.61 Å². The van der Waals surface area contributed by atoms with Gasteiger partial charge >= 0.3 is 6.61 Å². The molecule has 0 radical (unpaired) electrons. The van der Waals surface area contributed by atoms with Gasteiger partial charge in [-0.05, 0) is 31.5 Å². The van der Waals surface area contributed by atoms with Crippen LogP contribution in [0.4, 0.5) is 8.78 Å². The first kappa shape index (κ1) is 26.1. The third-order valence-electron chi connectivity index (χ3n) is 4.79. The van der Waals surface area contributed by atoms with E-state index in [2.05, 4.69) is 20.4 Å². The molecule has 1 atom stereocenters. The minimum absolute atomic E-state index is 0. The maximum atomic E-state index is 12.6. The highest BCUT2D eigenvalue weighted by atomic mass is 127. The molecular weight excluding hydrogens is 531 g/mol. The highest BCUT2D eigenvalue weighted by Crippen LogP contribution is 2.24. The van der Waals surface area contributed by atoms with E-state index in [-0.39, 0.29) is 42.4 Å². The third-order valence-corrected chi connectivity index (χ3v) is 4.79. The van der Waals surface area contributed by atoms with Crippen LogP contribution in [0.5, 0.6) is 11.5 Å². The molecule has 9 heteroatoms. The van der Waals surface area contributed by atoms with Crippen molar-refractivity contribution in [1.82, 2.24) is 10.6 Å². The number of nitrogens with zero attached hydrogens (tertiary/aromatic N) is 1. The lowest BCUT2D eigenvalue weighted by Gasteiger charge is -2.18. The zero-order chi connectivity index (χ0) is 22.1. The Kier molecular flexibility index (Phi) is 10.9. The number of alkyl halides is 2. The van der Waals surface area contributed by atoms with Crippen molar-refractivity contribution in [3.63, 3.8) is 0 Å². The molecule has 3 rings (SSSR count). The molecule has 0 aromatic heterocycles. The summed E-state index contributed by atoms with van der Waals surface area (Å²) in [4.78, 5) is 4.53. The van der Waals surface area contributed by atoms with Crippen molar-refractivity contribution < 1.29 is 23.0 Å². The second kappa shape index (κ2) is 13.4. The first-order valence-corrected chi connectivity index (χ1v) is 10.4. The first-order valence-electron chi connectivity index (χ1n) is 10.4. The average Bonchev–Trinajstić information content (AvgIpc) is 3.25. The van der Waals surface area contributed by atoms with Gasteiger partial charge in [0.15, 0.2) is 5.96 Å². The number of aliphatic imine (C=N–C) groups is 1. The molecule has 0 aliphatic carbocycles. The van der Waals surface area contributed by atoms with Crippen molar-refractivity contribution in [3.8, 4) is 11.5 Å². The van der Waals surface area contributed by atoms with Gasteiger partial charge in [0.2, 0.25) is 0 Å². The Labute approximate surface area is 204 Å². The van der Waals surface area contributed by atoms with Crippen LogP contribution in [0.15, 0.2) is 47.5 Å². The molecule has 1 fully saturated rings. The van der Waals surface area contributed by atoms with Gasteiger partial charge in [0.05, 0.1) is 19.8 Å². The first-order chi connectivity index (χ1) is 15.0. The van der Waals surface area contributed by atoms with E-state index in [9.17, 15) is 8.78 Å².